The monoisotopic (exact) mass is 297 g/mol. The minimum Gasteiger partial charge on any atom is -0.392 e. The molecule has 0 amide bonds. The second-order valence-electron chi connectivity index (χ2n) is 4.16. The van der Waals surface area contributed by atoms with Crippen LogP contribution >= 0.6 is 0 Å². The van der Waals surface area contributed by atoms with Crippen molar-refractivity contribution in [2.24, 2.45) is 0 Å². The van der Waals surface area contributed by atoms with Crippen molar-refractivity contribution in [3.63, 3.8) is 0 Å². The Morgan fingerprint density at radius 1 is 1.26 bits per heavy atom. The zero-order valence-corrected chi connectivity index (χ0v) is 11.2. The number of hydrogen-bond acceptors (Lipinski definition) is 3. The highest BCUT2D eigenvalue weighted by Gasteiger charge is 2.31. The summed E-state index contributed by atoms with van der Waals surface area (Å²) < 4.78 is 61.9. The molecular weight excluding hydrogens is 283 g/mol. The number of likely N-dealkylation sites (N-methyl/N-ethyl adjacent to an activating group) is 1. The first-order valence-electron chi connectivity index (χ1n) is 5.37. The molecule has 8 heteroatoms. The van der Waals surface area contributed by atoms with Crippen LogP contribution < -0.4 is 0 Å². The highest BCUT2D eigenvalue weighted by atomic mass is 32.2. The predicted molar refractivity (Wildman–Crippen MR) is 62.9 cm³/mol. The molecule has 108 valence electrons. The van der Waals surface area contributed by atoms with Gasteiger partial charge in [-0.15, -0.1) is 0 Å². The molecule has 0 saturated carbocycles. The van der Waals surface area contributed by atoms with Gasteiger partial charge in [-0.25, -0.2) is 8.42 Å². The SMILES string of the molecule is CC(O)CN(C)S(=O)(=O)c1ccc(C(F)(F)F)cc1. The first-order valence-corrected chi connectivity index (χ1v) is 6.81. The van der Waals surface area contributed by atoms with Crippen LogP contribution in [0.15, 0.2) is 29.2 Å². The van der Waals surface area contributed by atoms with Crippen LogP contribution in [-0.2, 0) is 16.2 Å². The molecule has 1 N–H and O–H groups in total. The van der Waals surface area contributed by atoms with Gasteiger partial charge in [0, 0.05) is 13.6 Å². The van der Waals surface area contributed by atoms with E-state index in [0.29, 0.717) is 12.1 Å². The van der Waals surface area contributed by atoms with E-state index in [9.17, 15) is 21.6 Å². The average Bonchev–Trinajstić information content (AvgIpc) is 2.27. The molecular formula is C11H14F3NO3S. The fraction of sp³-hybridized carbons (Fsp3) is 0.455. The van der Waals surface area contributed by atoms with E-state index < -0.39 is 27.9 Å². The van der Waals surface area contributed by atoms with Gasteiger partial charge in [0.1, 0.15) is 0 Å². The highest BCUT2D eigenvalue weighted by Crippen LogP contribution is 2.30. The standard InChI is InChI=1S/C11H14F3NO3S/c1-8(16)7-15(2)19(17,18)10-5-3-9(4-6-10)11(12,13)14/h3-6,8,16H,7H2,1-2H3. The van der Waals surface area contributed by atoms with Gasteiger partial charge in [-0.1, -0.05) is 0 Å². The third kappa shape index (κ3) is 3.92. The van der Waals surface area contributed by atoms with Crippen molar-refractivity contribution >= 4 is 10.0 Å². The summed E-state index contributed by atoms with van der Waals surface area (Å²) in [4.78, 5) is -0.247. The molecule has 0 bridgehead atoms. The Kier molecular flexibility index (Phi) is 4.59. The Bertz CT molecular complexity index is 523. The van der Waals surface area contributed by atoms with Gasteiger partial charge in [-0.3, -0.25) is 0 Å². The molecule has 1 atom stereocenters. The summed E-state index contributed by atoms with van der Waals surface area (Å²) in [7, 11) is -2.64. The largest absolute Gasteiger partial charge is 0.416 e. The van der Waals surface area contributed by atoms with E-state index >= 15 is 0 Å². The topological polar surface area (TPSA) is 57.6 Å². The maximum Gasteiger partial charge on any atom is 0.416 e. The van der Waals surface area contributed by atoms with Crippen LogP contribution in [0.4, 0.5) is 13.2 Å². The van der Waals surface area contributed by atoms with Gasteiger partial charge < -0.3 is 5.11 Å². The minimum atomic E-state index is -4.51. The van der Waals surface area contributed by atoms with Gasteiger partial charge >= 0.3 is 6.18 Å². The Labute approximate surface area is 109 Å². The maximum absolute atomic E-state index is 12.4. The lowest BCUT2D eigenvalue weighted by Gasteiger charge is -2.18. The van der Waals surface area contributed by atoms with Crippen molar-refractivity contribution in [2.75, 3.05) is 13.6 Å². The number of halogens is 3. The van der Waals surface area contributed by atoms with E-state index in [-0.39, 0.29) is 11.4 Å². The fourth-order valence-electron chi connectivity index (χ4n) is 1.47. The van der Waals surface area contributed by atoms with Gasteiger partial charge in [-0.2, -0.15) is 17.5 Å². The lowest BCUT2D eigenvalue weighted by atomic mass is 10.2. The molecule has 0 fully saturated rings. The molecule has 0 aliphatic carbocycles. The highest BCUT2D eigenvalue weighted by molar-refractivity contribution is 7.89. The summed E-state index contributed by atoms with van der Waals surface area (Å²) in [6.07, 6.45) is -5.37. The number of alkyl halides is 3. The van der Waals surface area contributed by atoms with E-state index in [4.69, 9.17) is 5.11 Å². The van der Waals surface area contributed by atoms with Gasteiger partial charge in [0.05, 0.1) is 16.6 Å². The van der Waals surface area contributed by atoms with E-state index in [0.717, 1.165) is 16.4 Å². The molecule has 0 heterocycles. The summed E-state index contributed by atoms with van der Waals surface area (Å²) in [6, 6.07) is 3.22. The van der Waals surface area contributed by atoms with Crippen molar-refractivity contribution in [3.05, 3.63) is 29.8 Å². The molecule has 1 aromatic carbocycles. The number of benzene rings is 1. The number of sulfonamides is 1. The first-order chi connectivity index (χ1) is 8.55. The summed E-state index contributed by atoms with van der Waals surface area (Å²) in [5.41, 5.74) is -0.912. The summed E-state index contributed by atoms with van der Waals surface area (Å²) in [6.45, 7) is 1.28. The molecule has 0 aromatic heterocycles. The number of rotatable bonds is 4. The Balaban J connectivity index is 3.04. The second-order valence-corrected chi connectivity index (χ2v) is 6.20. The molecule has 1 aromatic rings. The van der Waals surface area contributed by atoms with Crippen molar-refractivity contribution in [3.8, 4) is 0 Å². The molecule has 0 saturated heterocycles. The summed E-state index contributed by atoms with van der Waals surface area (Å²) >= 11 is 0. The fourth-order valence-corrected chi connectivity index (χ4v) is 2.72. The summed E-state index contributed by atoms with van der Waals surface area (Å²) in [5.74, 6) is 0. The van der Waals surface area contributed by atoms with Crippen molar-refractivity contribution < 1.29 is 26.7 Å². The van der Waals surface area contributed by atoms with Crippen LogP contribution in [0, 0.1) is 0 Å². The number of hydrogen-bond donors (Lipinski definition) is 1. The third-order valence-corrected chi connectivity index (χ3v) is 4.25. The molecule has 1 rings (SSSR count). The quantitative estimate of drug-likeness (QED) is 0.920. The van der Waals surface area contributed by atoms with Crippen LogP contribution in [0.3, 0.4) is 0 Å². The first kappa shape index (κ1) is 15.9. The molecule has 0 aliphatic rings. The van der Waals surface area contributed by atoms with E-state index in [2.05, 4.69) is 0 Å². The predicted octanol–water partition coefficient (Wildman–Crippen LogP) is 1.71. The van der Waals surface area contributed by atoms with Crippen LogP contribution in [0.25, 0.3) is 0 Å². The van der Waals surface area contributed by atoms with E-state index in [1.807, 2.05) is 0 Å². The van der Waals surface area contributed by atoms with Crippen LogP contribution in [0.2, 0.25) is 0 Å². The minimum absolute atomic E-state index is 0.136. The third-order valence-electron chi connectivity index (χ3n) is 2.41. The van der Waals surface area contributed by atoms with Gasteiger partial charge in [0.15, 0.2) is 0 Å². The lowest BCUT2D eigenvalue weighted by molar-refractivity contribution is -0.137. The smallest absolute Gasteiger partial charge is 0.392 e. The molecule has 19 heavy (non-hydrogen) atoms. The van der Waals surface area contributed by atoms with Crippen LogP contribution in [0.1, 0.15) is 12.5 Å². The second kappa shape index (κ2) is 5.48. The van der Waals surface area contributed by atoms with Gasteiger partial charge in [0.2, 0.25) is 10.0 Å². The lowest BCUT2D eigenvalue weighted by Crippen LogP contribution is -2.33. The van der Waals surface area contributed by atoms with Crippen molar-refractivity contribution in [1.29, 1.82) is 0 Å². The van der Waals surface area contributed by atoms with Crippen LogP contribution in [0.5, 0.6) is 0 Å². The Morgan fingerprint density at radius 2 is 1.74 bits per heavy atom. The number of aliphatic hydroxyl groups is 1. The zero-order chi connectivity index (χ0) is 14.8. The Morgan fingerprint density at radius 3 is 2.11 bits per heavy atom. The molecule has 0 radical (unpaired) electrons. The van der Waals surface area contributed by atoms with Crippen LogP contribution in [-0.4, -0.2) is 37.5 Å². The molecule has 1 unspecified atom stereocenters. The van der Waals surface area contributed by atoms with Crippen molar-refractivity contribution in [2.45, 2.75) is 24.1 Å². The van der Waals surface area contributed by atoms with E-state index in [1.54, 1.807) is 0 Å². The number of nitrogens with zero attached hydrogens (tertiary/aromatic N) is 1. The van der Waals surface area contributed by atoms with Gasteiger partial charge in [-0.05, 0) is 31.2 Å². The maximum atomic E-state index is 12.4. The average molecular weight is 297 g/mol. The normalized spacial score (nSPS) is 14.7. The molecule has 0 spiro atoms. The van der Waals surface area contributed by atoms with Gasteiger partial charge in [0.25, 0.3) is 0 Å². The number of aliphatic hydroxyl groups excluding tert-OH is 1. The van der Waals surface area contributed by atoms with Crippen molar-refractivity contribution in [1.82, 2.24) is 4.31 Å². The molecule has 4 nitrogen and oxygen atoms in total. The zero-order valence-electron chi connectivity index (χ0n) is 10.3. The van der Waals surface area contributed by atoms with E-state index in [1.165, 1.54) is 14.0 Å². The molecule has 0 aliphatic heterocycles. The summed E-state index contributed by atoms with van der Waals surface area (Å²) in [5, 5.41) is 9.13. The Hall–Kier alpha value is -1.12.